The van der Waals surface area contributed by atoms with Gasteiger partial charge >= 0.3 is 0 Å². The minimum Gasteiger partial charge on any atom is -0.380 e. The topological polar surface area (TPSA) is 32.7 Å². The maximum atomic E-state index is 11.9. The lowest BCUT2D eigenvalue weighted by Crippen LogP contribution is -2.53. The number of nitrogens with zero attached hydrogens (tertiary/aromatic N) is 1. The van der Waals surface area contributed by atoms with Crippen molar-refractivity contribution in [1.82, 2.24) is 4.90 Å². The van der Waals surface area contributed by atoms with E-state index in [1.807, 2.05) is 60.7 Å². The van der Waals surface area contributed by atoms with Crippen LogP contribution >= 0.6 is 0 Å². The zero-order valence-electron chi connectivity index (χ0n) is 15.4. The van der Waals surface area contributed by atoms with Crippen LogP contribution in [0.25, 0.3) is 0 Å². The first kappa shape index (κ1) is 18.1. The summed E-state index contributed by atoms with van der Waals surface area (Å²) in [6.07, 6.45) is 0. The Bertz CT molecular complexity index is 609. The van der Waals surface area contributed by atoms with Crippen molar-refractivity contribution in [3.63, 3.8) is 0 Å². The highest BCUT2D eigenvalue weighted by Crippen LogP contribution is 2.37. The highest BCUT2D eigenvalue weighted by atomic mass is 16.5. The Morgan fingerprint density at radius 1 is 0.960 bits per heavy atom. The van der Waals surface area contributed by atoms with Crippen molar-refractivity contribution < 1.29 is 9.84 Å². The second-order valence-corrected chi connectivity index (χ2v) is 7.33. The summed E-state index contributed by atoms with van der Waals surface area (Å²) in [7, 11) is 0. The maximum Gasteiger partial charge on any atom is 0.118 e. The lowest BCUT2D eigenvalue weighted by Gasteiger charge is -2.44. The van der Waals surface area contributed by atoms with E-state index in [9.17, 15) is 5.11 Å². The fourth-order valence-electron chi connectivity index (χ4n) is 3.96. The van der Waals surface area contributed by atoms with Crippen molar-refractivity contribution in [2.24, 2.45) is 5.92 Å². The summed E-state index contributed by atoms with van der Waals surface area (Å²) in [6, 6.07) is 20.8. The van der Waals surface area contributed by atoms with E-state index in [2.05, 4.69) is 25.7 Å². The summed E-state index contributed by atoms with van der Waals surface area (Å²) < 4.78 is 5.66. The second-order valence-electron chi connectivity index (χ2n) is 7.33. The third kappa shape index (κ3) is 3.64. The predicted octanol–water partition coefficient (Wildman–Crippen LogP) is 3.67. The van der Waals surface area contributed by atoms with Crippen molar-refractivity contribution in [2.75, 3.05) is 19.8 Å². The molecule has 2 aromatic carbocycles. The van der Waals surface area contributed by atoms with Crippen molar-refractivity contribution in [3.05, 3.63) is 71.8 Å². The van der Waals surface area contributed by atoms with Gasteiger partial charge in [-0.15, -0.1) is 0 Å². The molecule has 3 nitrogen and oxygen atoms in total. The minimum absolute atomic E-state index is 0.0419. The summed E-state index contributed by atoms with van der Waals surface area (Å²) in [5.41, 5.74) is 0.879. The van der Waals surface area contributed by atoms with Gasteiger partial charge in [0.25, 0.3) is 0 Å². The van der Waals surface area contributed by atoms with Crippen LogP contribution in [-0.4, -0.2) is 41.8 Å². The molecule has 0 radical (unpaired) electrons. The second kappa shape index (κ2) is 7.69. The quantitative estimate of drug-likeness (QED) is 0.902. The molecule has 0 saturated carbocycles. The molecule has 0 aliphatic carbocycles. The third-order valence-corrected chi connectivity index (χ3v) is 5.48. The Balaban J connectivity index is 1.94. The van der Waals surface area contributed by atoms with Gasteiger partial charge in [0.15, 0.2) is 0 Å². The molecule has 0 aromatic heterocycles. The third-order valence-electron chi connectivity index (χ3n) is 5.48. The average molecular weight is 339 g/mol. The van der Waals surface area contributed by atoms with Crippen LogP contribution in [0.3, 0.4) is 0 Å². The van der Waals surface area contributed by atoms with Gasteiger partial charge in [-0.3, -0.25) is 4.90 Å². The summed E-state index contributed by atoms with van der Waals surface area (Å²) in [5.74, 6) is 0.0419. The van der Waals surface area contributed by atoms with Crippen molar-refractivity contribution in [2.45, 2.75) is 38.5 Å². The Hall–Kier alpha value is -1.68. The Morgan fingerprint density at radius 2 is 1.40 bits per heavy atom. The number of aliphatic hydroxyl groups is 1. The van der Waals surface area contributed by atoms with Crippen LogP contribution in [0.5, 0.6) is 0 Å². The molecule has 1 aliphatic rings. The number of ether oxygens (including phenoxy) is 1. The molecule has 134 valence electrons. The fraction of sp³-hybridized carbons (Fsp3) is 0.455. The van der Waals surface area contributed by atoms with E-state index >= 15 is 0 Å². The van der Waals surface area contributed by atoms with Crippen LogP contribution in [-0.2, 0) is 10.3 Å². The lowest BCUT2D eigenvalue weighted by molar-refractivity contribution is -0.0648. The van der Waals surface area contributed by atoms with E-state index in [4.69, 9.17) is 4.74 Å². The molecule has 0 spiro atoms. The van der Waals surface area contributed by atoms with E-state index in [0.717, 1.165) is 30.9 Å². The molecule has 0 amide bonds. The van der Waals surface area contributed by atoms with Gasteiger partial charge in [0.05, 0.1) is 13.2 Å². The summed E-state index contributed by atoms with van der Waals surface area (Å²) >= 11 is 0. The number of rotatable bonds is 5. The number of benzene rings is 2. The first-order valence-corrected chi connectivity index (χ1v) is 9.20. The minimum atomic E-state index is -1.01. The van der Waals surface area contributed by atoms with Crippen LogP contribution in [0.15, 0.2) is 60.7 Å². The molecule has 3 heteroatoms. The molecule has 0 bridgehead atoms. The van der Waals surface area contributed by atoms with E-state index < -0.39 is 5.60 Å². The Labute approximate surface area is 151 Å². The summed E-state index contributed by atoms with van der Waals surface area (Å²) in [4.78, 5) is 2.46. The SMILES string of the molecule is CC1COCC(C)N1CC(C)C(O)(c1ccccc1)c1ccccc1. The van der Waals surface area contributed by atoms with Crippen LogP contribution in [0.2, 0.25) is 0 Å². The number of morpholine rings is 1. The molecule has 3 unspecified atom stereocenters. The zero-order chi connectivity index (χ0) is 17.9. The van der Waals surface area contributed by atoms with E-state index in [-0.39, 0.29) is 5.92 Å². The maximum absolute atomic E-state index is 11.9. The lowest BCUT2D eigenvalue weighted by atomic mass is 9.76. The molecule has 25 heavy (non-hydrogen) atoms. The highest BCUT2D eigenvalue weighted by Gasteiger charge is 2.40. The first-order valence-electron chi connectivity index (χ1n) is 9.20. The standard InChI is InChI=1S/C22H29NO2/c1-17(14-23-18(2)15-25-16-19(23)3)22(24,20-10-6-4-7-11-20)21-12-8-5-9-13-21/h4-13,17-19,24H,14-16H2,1-3H3. The largest absolute Gasteiger partial charge is 0.380 e. The van der Waals surface area contributed by atoms with E-state index in [0.29, 0.717) is 12.1 Å². The number of hydrogen-bond donors (Lipinski definition) is 1. The molecule has 1 aliphatic heterocycles. The average Bonchev–Trinajstić information content (AvgIpc) is 2.65. The van der Waals surface area contributed by atoms with Gasteiger partial charge in [0, 0.05) is 24.5 Å². The van der Waals surface area contributed by atoms with Crippen molar-refractivity contribution in [1.29, 1.82) is 0 Å². The van der Waals surface area contributed by atoms with Crippen LogP contribution in [0.1, 0.15) is 31.9 Å². The molecule has 3 atom stereocenters. The summed E-state index contributed by atoms with van der Waals surface area (Å²) in [5, 5.41) is 11.9. The summed E-state index contributed by atoms with van der Waals surface area (Å²) in [6.45, 7) is 8.89. The normalized spacial score (nSPS) is 23.4. The van der Waals surface area contributed by atoms with Gasteiger partial charge in [-0.05, 0) is 25.0 Å². The smallest absolute Gasteiger partial charge is 0.118 e. The van der Waals surface area contributed by atoms with Crippen LogP contribution in [0, 0.1) is 5.92 Å². The molecule has 1 fully saturated rings. The van der Waals surface area contributed by atoms with Gasteiger partial charge in [-0.25, -0.2) is 0 Å². The van der Waals surface area contributed by atoms with Gasteiger partial charge < -0.3 is 9.84 Å². The fourth-order valence-corrected chi connectivity index (χ4v) is 3.96. The van der Waals surface area contributed by atoms with Crippen LogP contribution in [0.4, 0.5) is 0 Å². The Kier molecular flexibility index (Phi) is 5.57. The Morgan fingerprint density at radius 3 is 1.84 bits per heavy atom. The van der Waals surface area contributed by atoms with Crippen LogP contribution < -0.4 is 0 Å². The number of hydrogen-bond acceptors (Lipinski definition) is 3. The van der Waals surface area contributed by atoms with Crippen molar-refractivity contribution >= 4 is 0 Å². The first-order chi connectivity index (χ1) is 12.0. The highest BCUT2D eigenvalue weighted by molar-refractivity contribution is 5.36. The molecule has 3 rings (SSSR count). The molecule has 1 N–H and O–H groups in total. The van der Waals surface area contributed by atoms with Gasteiger partial charge in [-0.1, -0.05) is 67.6 Å². The van der Waals surface area contributed by atoms with Gasteiger partial charge in [-0.2, -0.15) is 0 Å². The van der Waals surface area contributed by atoms with Gasteiger partial charge in [0.2, 0.25) is 0 Å². The van der Waals surface area contributed by atoms with Crippen molar-refractivity contribution in [3.8, 4) is 0 Å². The predicted molar refractivity (Wildman–Crippen MR) is 101 cm³/mol. The molecule has 1 heterocycles. The van der Waals surface area contributed by atoms with Gasteiger partial charge in [0.1, 0.15) is 5.60 Å². The van der Waals surface area contributed by atoms with E-state index in [1.165, 1.54) is 0 Å². The molecular formula is C22H29NO2. The molecule has 2 aromatic rings. The zero-order valence-corrected chi connectivity index (χ0v) is 15.4. The molecular weight excluding hydrogens is 310 g/mol. The molecule has 1 saturated heterocycles. The van der Waals surface area contributed by atoms with E-state index in [1.54, 1.807) is 0 Å². The monoisotopic (exact) mass is 339 g/mol.